The van der Waals surface area contributed by atoms with Crippen LogP contribution in [-0.4, -0.2) is 9.96 Å². The van der Waals surface area contributed by atoms with Crippen molar-refractivity contribution in [3.05, 3.63) is 35.1 Å². The molecule has 0 N–H and O–H groups in total. The van der Waals surface area contributed by atoms with E-state index in [1.807, 2.05) is 13.0 Å². The van der Waals surface area contributed by atoms with Gasteiger partial charge >= 0.3 is 0 Å². The van der Waals surface area contributed by atoms with E-state index >= 15 is 0 Å². The predicted molar refractivity (Wildman–Crippen MR) is 58.1 cm³/mol. The lowest BCUT2D eigenvalue weighted by Gasteiger charge is -2.03. The molecule has 0 aliphatic carbocycles. The first-order chi connectivity index (χ1) is 7.17. The molecule has 2 nitrogen and oxygen atoms in total. The molecule has 0 heterocycles. The van der Waals surface area contributed by atoms with E-state index in [0.29, 0.717) is 16.9 Å². The molecule has 1 atom stereocenters. The van der Waals surface area contributed by atoms with Crippen LogP contribution in [0.3, 0.4) is 0 Å². The van der Waals surface area contributed by atoms with Crippen LogP contribution >= 0.6 is 0 Å². The van der Waals surface area contributed by atoms with Crippen LogP contribution in [0.15, 0.2) is 18.2 Å². The van der Waals surface area contributed by atoms with E-state index < -0.39 is 16.6 Å². The van der Waals surface area contributed by atoms with E-state index in [1.165, 1.54) is 18.2 Å². The van der Waals surface area contributed by atoms with Gasteiger partial charge in [-0.25, -0.2) is 4.39 Å². The number of benzene rings is 1. The Bertz CT molecular complexity index is 412. The Morgan fingerprint density at radius 3 is 2.87 bits per heavy atom. The topological polar surface area (TPSA) is 40.9 Å². The van der Waals surface area contributed by atoms with Crippen LogP contribution in [0, 0.1) is 17.1 Å². The average molecular weight is 225 g/mol. The summed E-state index contributed by atoms with van der Waals surface area (Å²) >= 11 is 0. The van der Waals surface area contributed by atoms with E-state index in [-0.39, 0.29) is 5.75 Å². The van der Waals surface area contributed by atoms with Gasteiger partial charge in [-0.05, 0) is 30.2 Å². The standard InChI is InChI=1S/C11H12FNOS/c1-2-5-15(14)8-10-6-11(12)4-3-9(10)7-13/h3-4,6H,2,5,8H2,1H3. The molecule has 0 bridgehead atoms. The van der Waals surface area contributed by atoms with Gasteiger partial charge in [0.2, 0.25) is 0 Å². The fourth-order valence-electron chi connectivity index (χ4n) is 1.26. The van der Waals surface area contributed by atoms with Crippen molar-refractivity contribution in [2.75, 3.05) is 5.75 Å². The minimum Gasteiger partial charge on any atom is -0.259 e. The first kappa shape index (κ1) is 11.9. The van der Waals surface area contributed by atoms with Crippen molar-refractivity contribution < 1.29 is 8.60 Å². The highest BCUT2D eigenvalue weighted by Crippen LogP contribution is 2.13. The highest BCUT2D eigenvalue weighted by Gasteiger charge is 2.07. The maximum atomic E-state index is 12.9. The molecule has 4 heteroatoms. The summed E-state index contributed by atoms with van der Waals surface area (Å²) in [7, 11) is -1.01. The maximum absolute atomic E-state index is 12.9. The normalized spacial score (nSPS) is 12.1. The zero-order chi connectivity index (χ0) is 11.3. The molecule has 1 aromatic rings. The van der Waals surface area contributed by atoms with E-state index in [4.69, 9.17) is 5.26 Å². The number of hydrogen-bond donors (Lipinski definition) is 0. The molecular formula is C11H12FNOS. The third-order valence-electron chi connectivity index (χ3n) is 1.94. The minimum absolute atomic E-state index is 0.258. The van der Waals surface area contributed by atoms with Crippen LogP contribution in [0.1, 0.15) is 24.5 Å². The van der Waals surface area contributed by atoms with Gasteiger partial charge in [-0.3, -0.25) is 4.21 Å². The number of rotatable bonds is 4. The van der Waals surface area contributed by atoms with Gasteiger partial charge in [0.25, 0.3) is 0 Å². The summed E-state index contributed by atoms with van der Waals surface area (Å²) in [6.07, 6.45) is 0.823. The maximum Gasteiger partial charge on any atom is 0.123 e. The largest absolute Gasteiger partial charge is 0.259 e. The fraction of sp³-hybridized carbons (Fsp3) is 0.364. The molecule has 0 fully saturated rings. The van der Waals surface area contributed by atoms with Crippen LogP contribution in [0.2, 0.25) is 0 Å². The molecule has 0 aromatic heterocycles. The van der Waals surface area contributed by atoms with E-state index in [1.54, 1.807) is 0 Å². The van der Waals surface area contributed by atoms with Crippen LogP contribution in [0.25, 0.3) is 0 Å². The molecule has 1 rings (SSSR count). The number of halogens is 1. The van der Waals surface area contributed by atoms with Gasteiger partial charge < -0.3 is 0 Å². The molecular weight excluding hydrogens is 213 g/mol. The molecule has 1 aromatic carbocycles. The highest BCUT2D eigenvalue weighted by atomic mass is 32.2. The minimum atomic E-state index is -1.01. The van der Waals surface area contributed by atoms with Gasteiger partial charge in [-0.15, -0.1) is 0 Å². The first-order valence-corrected chi connectivity index (χ1v) is 6.19. The van der Waals surface area contributed by atoms with Gasteiger partial charge in [0.1, 0.15) is 5.82 Å². The molecule has 0 saturated carbocycles. The molecule has 0 saturated heterocycles. The molecule has 1 unspecified atom stereocenters. The third-order valence-corrected chi connectivity index (χ3v) is 3.43. The molecule has 0 aliphatic heterocycles. The van der Waals surface area contributed by atoms with Crippen molar-refractivity contribution in [1.29, 1.82) is 5.26 Å². The molecule has 0 aliphatic rings. The molecule has 0 amide bonds. The van der Waals surface area contributed by atoms with Gasteiger partial charge in [0.05, 0.1) is 11.6 Å². The number of hydrogen-bond acceptors (Lipinski definition) is 2. The van der Waals surface area contributed by atoms with E-state index in [0.717, 1.165) is 6.42 Å². The quantitative estimate of drug-likeness (QED) is 0.789. The van der Waals surface area contributed by atoms with Crippen molar-refractivity contribution in [3.8, 4) is 6.07 Å². The second-order valence-electron chi connectivity index (χ2n) is 3.20. The summed E-state index contributed by atoms with van der Waals surface area (Å²) in [5.74, 6) is 0.452. The Morgan fingerprint density at radius 1 is 1.53 bits per heavy atom. The van der Waals surface area contributed by atoms with Gasteiger partial charge in [0, 0.05) is 22.3 Å². The Hall–Kier alpha value is -1.21. The molecule has 80 valence electrons. The zero-order valence-electron chi connectivity index (χ0n) is 8.50. The summed E-state index contributed by atoms with van der Waals surface area (Å²) in [4.78, 5) is 0. The van der Waals surface area contributed by atoms with E-state index in [9.17, 15) is 8.60 Å². The van der Waals surface area contributed by atoms with Crippen molar-refractivity contribution in [1.82, 2.24) is 0 Å². The second-order valence-corrected chi connectivity index (χ2v) is 4.78. The van der Waals surface area contributed by atoms with Crippen molar-refractivity contribution in [2.45, 2.75) is 19.1 Å². The van der Waals surface area contributed by atoms with Gasteiger partial charge in [-0.1, -0.05) is 6.92 Å². The lowest BCUT2D eigenvalue weighted by atomic mass is 10.1. The summed E-state index contributed by atoms with van der Waals surface area (Å²) in [5.41, 5.74) is 0.935. The monoisotopic (exact) mass is 225 g/mol. The summed E-state index contributed by atoms with van der Waals surface area (Å²) in [6, 6.07) is 5.92. The highest BCUT2D eigenvalue weighted by molar-refractivity contribution is 7.84. The van der Waals surface area contributed by atoms with Gasteiger partial charge in [-0.2, -0.15) is 5.26 Å². The van der Waals surface area contributed by atoms with E-state index in [2.05, 4.69) is 0 Å². The van der Waals surface area contributed by atoms with Crippen molar-refractivity contribution in [3.63, 3.8) is 0 Å². The summed E-state index contributed by atoms with van der Waals surface area (Å²) in [5, 5.41) is 8.78. The SMILES string of the molecule is CCCS(=O)Cc1cc(F)ccc1C#N. The molecule has 0 radical (unpaired) electrons. The molecule has 0 spiro atoms. The fourth-order valence-corrected chi connectivity index (χ4v) is 2.45. The Labute approximate surface area is 91.2 Å². The Kier molecular flexibility index (Phi) is 4.44. The zero-order valence-corrected chi connectivity index (χ0v) is 9.31. The van der Waals surface area contributed by atoms with Crippen LogP contribution < -0.4 is 0 Å². The average Bonchev–Trinajstić information content (AvgIpc) is 2.18. The van der Waals surface area contributed by atoms with Crippen molar-refractivity contribution >= 4 is 10.8 Å². The van der Waals surface area contributed by atoms with Gasteiger partial charge in [0.15, 0.2) is 0 Å². The Morgan fingerprint density at radius 2 is 2.27 bits per heavy atom. The van der Waals surface area contributed by atoms with Crippen molar-refractivity contribution in [2.24, 2.45) is 0 Å². The third kappa shape index (κ3) is 3.45. The smallest absolute Gasteiger partial charge is 0.123 e. The first-order valence-electron chi connectivity index (χ1n) is 4.71. The van der Waals surface area contributed by atoms with Crippen LogP contribution in [-0.2, 0) is 16.6 Å². The van der Waals surface area contributed by atoms with Crippen LogP contribution in [0.5, 0.6) is 0 Å². The number of nitrogens with zero attached hydrogens (tertiary/aromatic N) is 1. The van der Waals surface area contributed by atoms with Crippen LogP contribution in [0.4, 0.5) is 4.39 Å². The lowest BCUT2D eigenvalue weighted by Crippen LogP contribution is -2.02. The summed E-state index contributed by atoms with van der Waals surface area (Å²) < 4.78 is 24.4. The Balaban J connectivity index is 2.88. The summed E-state index contributed by atoms with van der Waals surface area (Å²) in [6.45, 7) is 1.94. The predicted octanol–water partition coefficient (Wildman–Crippen LogP) is 2.36. The number of nitriles is 1. The lowest BCUT2D eigenvalue weighted by molar-refractivity contribution is 0.626. The molecule has 15 heavy (non-hydrogen) atoms. The second kappa shape index (κ2) is 5.62.